The van der Waals surface area contributed by atoms with Crippen LogP contribution < -0.4 is 0 Å². The van der Waals surface area contributed by atoms with Gasteiger partial charge in [0.1, 0.15) is 0 Å². The number of hydrogen-bond acceptors (Lipinski definition) is 1. The summed E-state index contributed by atoms with van der Waals surface area (Å²) in [5.41, 5.74) is 0. The number of aliphatic carboxylic acids is 1. The van der Waals surface area contributed by atoms with Gasteiger partial charge in [-0.1, -0.05) is 0 Å². The van der Waals surface area contributed by atoms with Gasteiger partial charge in [0.05, 0.1) is 0 Å². The summed E-state index contributed by atoms with van der Waals surface area (Å²) >= 11 is 0.559. The third kappa shape index (κ3) is 2.37. The Morgan fingerprint density at radius 1 is 1.83 bits per heavy atom. The van der Waals surface area contributed by atoms with Crippen molar-refractivity contribution in [1.29, 1.82) is 0 Å². The minimum atomic E-state index is -0.873. The van der Waals surface area contributed by atoms with Crippen LogP contribution in [0.1, 0.15) is 0 Å². The van der Waals surface area contributed by atoms with E-state index in [0.717, 1.165) is 0 Å². The maximum atomic E-state index is 9.63. The van der Waals surface area contributed by atoms with Crippen LogP contribution in [0.25, 0.3) is 0 Å². The molecule has 3 radical (unpaired) electrons. The molecule has 6 heavy (non-hydrogen) atoms. The topological polar surface area (TPSA) is 37.3 Å². The molecule has 0 atom stereocenters. The number of carbonyl (C=O) groups is 1. The Bertz CT molecular complexity index is 74.8. The average Bonchev–Trinajstić information content (AvgIpc) is 1.36. The number of rotatable bonds is 1. The van der Waals surface area contributed by atoms with Crippen LogP contribution in [0.5, 0.6) is 0 Å². The first-order valence-corrected chi connectivity index (χ1v) is 3.23. The molecule has 0 aromatic rings. The second-order valence-corrected chi connectivity index (χ2v) is 3.13. The zero-order valence-electron chi connectivity index (χ0n) is 3.06. The molecule has 0 heterocycles. The zero-order valence-corrected chi connectivity index (χ0v) is 6.95. The molecule has 0 amide bonds. The molecular formula is C3H3O2Pb. The van der Waals surface area contributed by atoms with Crippen molar-refractivity contribution in [2.24, 2.45) is 0 Å². The fourth-order valence-corrected chi connectivity index (χ4v) is 0. The molecule has 0 spiro atoms. The van der Waals surface area contributed by atoms with Crippen LogP contribution in [-0.4, -0.2) is 36.8 Å². The molecule has 3 heteroatoms. The van der Waals surface area contributed by atoms with Crippen LogP contribution in [0.2, 0.25) is 0 Å². The van der Waals surface area contributed by atoms with Gasteiger partial charge in [-0.2, -0.15) is 0 Å². The van der Waals surface area contributed by atoms with Crippen molar-refractivity contribution in [3.63, 3.8) is 0 Å². The SMILES string of the molecule is C=[C]([Pb])C(=O)O. The van der Waals surface area contributed by atoms with Gasteiger partial charge >= 0.3 is 51.3 Å². The van der Waals surface area contributed by atoms with Crippen LogP contribution in [0, 0.1) is 0 Å². The fraction of sp³-hybridized carbons (Fsp3) is 0. The van der Waals surface area contributed by atoms with Gasteiger partial charge in [-0.05, 0) is 0 Å². The quantitative estimate of drug-likeness (QED) is 0.531. The Hall–Kier alpha value is 0.132. The van der Waals surface area contributed by atoms with E-state index in [0.29, 0.717) is 28.9 Å². The molecule has 0 bridgehead atoms. The van der Waals surface area contributed by atoms with E-state index >= 15 is 0 Å². The molecule has 0 aromatic carbocycles. The van der Waals surface area contributed by atoms with Gasteiger partial charge in [0.15, 0.2) is 0 Å². The van der Waals surface area contributed by atoms with Gasteiger partial charge in [0, 0.05) is 0 Å². The first-order chi connectivity index (χ1) is 2.64. The molecule has 0 unspecified atom stereocenters. The second-order valence-electron chi connectivity index (χ2n) is 0.784. The fourth-order valence-electron chi connectivity index (χ4n) is 0. The number of carboxylic acids is 1. The third-order valence-electron chi connectivity index (χ3n) is 0.258. The summed E-state index contributed by atoms with van der Waals surface area (Å²) in [7, 11) is 0. The number of hydrogen-bond donors (Lipinski definition) is 1. The third-order valence-corrected chi connectivity index (χ3v) is 1.09. The van der Waals surface area contributed by atoms with E-state index in [1.165, 1.54) is 0 Å². The molecule has 2 nitrogen and oxygen atoms in total. The van der Waals surface area contributed by atoms with Crippen LogP contribution in [-0.2, 0) is 4.79 Å². The molecule has 1 N–H and O–H groups in total. The van der Waals surface area contributed by atoms with E-state index in [4.69, 9.17) is 5.11 Å². The number of carboxylic acid groups (broad SMARTS) is 1. The van der Waals surface area contributed by atoms with E-state index in [-0.39, 0.29) is 0 Å². The normalized spacial score (nSPS) is 7.50. The minimum absolute atomic E-state index is 0.315. The Morgan fingerprint density at radius 2 is 2.00 bits per heavy atom. The average molecular weight is 278 g/mol. The van der Waals surface area contributed by atoms with Gasteiger partial charge in [0.25, 0.3) is 0 Å². The van der Waals surface area contributed by atoms with Gasteiger partial charge in [0.2, 0.25) is 0 Å². The van der Waals surface area contributed by atoms with Crippen LogP contribution in [0.4, 0.5) is 0 Å². The molecule has 0 fully saturated rings. The maximum absolute atomic E-state index is 9.63. The molecule has 0 aliphatic carbocycles. The van der Waals surface area contributed by atoms with E-state index in [9.17, 15) is 4.79 Å². The summed E-state index contributed by atoms with van der Waals surface area (Å²) in [5, 5.41) is 7.93. The van der Waals surface area contributed by atoms with Crippen molar-refractivity contribution in [2.75, 3.05) is 0 Å². The summed E-state index contributed by atoms with van der Waals surface area (Å²) < 4.78 is 0.315. The van der Waals surface area contributed by atoms with Gasteiger partial charge in [-0.25, -0.2) is 0 Å². The van der Waals surface area contributed by atoms with Crippen LogP contribution >= 0.6 is 0 Å². The van der Waals surface area contributed by atoms with E-state index in [1.807, 2.05) is 0 Å². The Labute approximate surface area is 51.5 Å². The summed E-state index contributed by atoms with van der Waals surface area (Å²) in [5.74, 6) is -0.873. The van der Waals surface area contributed by atoms with Crippen LogP contribution in [0.15, 0.2) is 9.71 Å². The van der Waals surface area contributed by atoms with E-state index < -0.39 is 5.97 Å². The molecule has 0 rings (SSSR count). The van der Waals surface area contributed by atoms with Crippen LogP contribution in [0.3, 0.4) is 0 Å². The van der Waals surface area contributed by atoms with Crippen molar-refractivity contribution in [1.82, 2.24) is 0 Å². The van der Waals surface area contributed by atoms with Gasteiger partial charge in [-0.15, -0.1) is 0 Å². The summed E-state index contributed by atoms with van der Waals surface area (Å²) in [6, 6.07) is 0. The van der Waals surface area contributed by atoms with Gasteiger partial charge < -0.3 is 0 Å². The van der Waals surface area contributed by atoms with E-state index in [1.54, 1.807) is 0 Å². The predicted octanol–water partition coefficient (Wildman–Crippen LogP) is -0.247. The monoisotopic (exact) mass is 279 g/mol. The molecule has 31 valence electrons. The molecule has 0 aromatic heterocycles. The predicted molar refractivity (Wildman–Crippen MR) is 22.5 cm³/mol. The van der Waals surface area contributed by atoms with Crippen molar-refractivity contribution < 1.29 is 9.90 Å². The molecule has 0 saturated carbocycles. The molecule has 0 aliphatic heterocycles. The molecular weight excluding hydrogens is 275 g/mol. The first kappa shape index (κ1) is 6.13. The Balaban J connectivity index is 3.57. The van der Waals surface area contributed by atoms with Crippen molar-refractivity contribution in [2.45, 2.75) is 0 Å². The standard InChI is InChI=1S/C3H3O2.Pb/c1-2-3(4)5;/h1H2,(H,4,5);. The summed E-state index contributed by atoms with van der Waals surface area (Å²) in [4.78, 5) is 9.63. The second kappa shape index (κ2) is 2.33. The van der Waals surface area contributed by atoms with E-state index in [2.05, 4.69) is 6.58 Å². The summed E-state index contributed by atoms with van der Waals surface area (Å²) in [6.45, 7) is 3.22. The Kier molecular flexibility index (Phi) is 2.38. The van der Waals surface area contributed by atoms with Crippen molar-refractivity contribution in [3.8, 4) is 0 Å². The molecule has 0 saturated heterocycles. The Morgan fingerprint density at radius 3 is 2.00 bits per heavy atom. The van der Waals surface area contributed by atoms with Crippen molar-refractivity contribution >= 4 is 31.7 Å². The van der Waals surface area contributed by atoms with Crippen molar-refractivity contribution in [3.05, 3.63) is 9.71 Å². The zero-order chi connectivity index (χ0) is 5.15. The summed E-state index contributed by atoms with van der Waals surface area (Å²) in [6.07, 6.45) is 0. The first-order valence-electron chi connectivity index (χ1n) is 1.28. The molecule has 0 aliphatic rings. The van der Waals surface area contributed by atoms with Gasteiger partial charge in [-0.3, -0.25) is 0 Å².